The van der Waals surface area contributed by atoms with E-state index < -0.39 is 54.0 Å². The number of rotatable bonds is 9. The molecule has 1 fully saturated rings. The molecule has 1 saturated heterocycles. The Labute approximate surface area is 210 Å². The molecule has 2 aromatic carbocycles. The van der Waals surface area contributed by atoms with Crippen LogP contribution in [0.4, 0.5) is 4.39 Å². The van der Waals surface area contributed by atoms with Crippen molar-refractivity contribution in [1.29, 1.82) is 0 Å². The zero-order valence-electron chi connectivity index (χ0n) is 21.1. The molecule has 0 aliphatic carbocycles. The zero-order chi connectivity index (χ0) is 26.7. The third-order valence-corrected chi connectivity index (χ3v) is 6.64. The average molecular weight is 498 g/mol. The first kappa shape index (κ1) is 27.4. The summed E-state index contributed by atoms with van der Waals surface area (Å²) in [4.78, 5) is 36.5. The second-order valence-corrected chi connectivity index (χ2v) is 9.98. The van der Waals surface area contributed by atoms with Crippen LogP contribution in [-0.2, 0) is 36.5 Å². The summed E-state index contributed by atoms with van der Waals surface area (Å²) >= 11 is 0. The minimum atomic E-state index is -1.25. The number of carbonyl (C=O) groups excluding carboxylic acids is 2. The van der Waals surface area contributed by atoms with Gasteiger partial charge in [0.25, 0.3) is 0 Å². The van der Waals surface area contributed by atoms with Crippen LogP contribution < -0.4 is 16.1 Å². The molecule has 3 N–H and O–H groups in total. The Balaban J connectivity index is 1.69. The molecule has 10 heteroatoms. The van der Waals surface area contributed by atoms with Crippen molar-refractivity contribution in [2.24, 2.45) is 0 Å². The largest absolute Gasteiger partial charge is 0.494 e. The first-order valence-electron chi connectivity index (χ1n) is 11.8. The molecule has 1 aliphatic heterocycles. The molecule has 1 aliphatic rings. The van der Waals surface area contributed by atoms with Gasteiger partial charge >= 0.3 is 13.1 Å². The maximum Gasteiger partial charge on any atom is 0.494 e. The standard InChI is InChI=1S/C26H32BFN2O6/c1-16(31)29-21(15-18-8-6-7-9-20(18)28)23(32)30-22(24(33)34)14-17-10-12-19(13-11-17)27-35-25(2,3)26(4,5)36-27/h6-13,21-22H,14-15H2,1-5H3,(H,29,31)(H,30,32)(H,33,34)/t21-,22-/m1/s1. The number of benzene rings is 2. The molecule has 0 radical (unpaired) electrons. The van der Waals surface area contributed by atoms with Gasteiger partial charge in [0, 0.05) is 19.8 Å². The van der Waals surface area contributed by atoms with Gasteiger partial charge in [-0.25, -0.2) is 9.18 Å². The van der Waals surface area contributed by atoms with Crippen molar-refractivity contribution in [3.05, 3.63) is 65.5 Å². The van der Waals surface area contributed by atoms with Crippen LogP contribution in [-0.4, -0.2) is 53.3 Å². The summed E-state index contributed by atoms with van der Waals surface area (Å²) in [5, 5.41) is 14.7. The Morgan fingerprint density at radius 2 is 1.50 bits per heavy atom. The number of carbonyl (C=O) groups is 3. The number of nitrogens with one attached hydrogen (secondary N) is 2. The summed E-state index contributed by atoms with van der Waals surface area (Å²) in [6.07, 6.45) is -0.107. The van der Waals surface area contributed by atoms with Crippen LogP contribution in [0.25, 0.3) is 0 Å². The summed E-state index contributed by atoms with van der Waals surface area (Å²) in [6, 6.07) is 10.6. The second kappa shape index (κ2) is 10.8. The van der Waals surface area contributed by atoms with Gasteiger partial charge in [-0.3, -0.25) is 9.59 Å². The lowest BCUT2D eigenvalue weighted by atomic mass is 9.78. The first-order valence-corrected chi connectivity index (χ1v) is 11.8. The van der Waals surface area contributed by atoms with Crippen molar-refractivity contribution in [2.45, 2.75) is 70.7 Å². The van der Waals surface area contributed by atoms with E-state index in [4.69, 9.17) is 9.31 Å². The highest BCUT2D eigenvalue weighted by atomic mass is 19.1. The average Bonchev–Trinajstić information content (AvgIpc) is 3.01. The molecule has 2 atom stereocenters. The fourth-order valence-corrected chi connectivity index (χ4v) is 3.84. The topological polar surface area (TPSA) is 114 Å². The molecule has 0 aromatic heterocycles. The summed E-state index contributed by atoms with van der Waals surface area (Å²) in [5.41, 5.74) is 0.734. The van der Waals surface area contributed by atoms with Gasteiger partial charge in [-0.2, -0.15) is 0 Å². The Morgan fingerprint density at radius 3 is 2.03 bits per heavy atom. The van der Waals surface area contributed by atoms with Crippen molar-refractivity contribution in [2.75, 3.05) is 0 Å². The molecule has 36 heavy (non-hydrogen) atoms. The molecule has 2 aromatic rings. The number of hydrogen-bond acceptors (Lipinski definition) is 5. The minimum absolute atomic E-state index is 0.0111. The van der Waals surface area contributed by atoms with Crippen LogP contribution in [0.1, 0.15) is 45.7 Å². The molecule has 0 spiro atoms. The maximum absolute atomic E-state index is 14.1. The lowest BCUT2D eigenvalue weighted by Crippen LogP contribution is -2.52. The number of carboxylic acids is 1. The molecule has 3 rings (SSSR count). The fraction of sp³-hybridized carbons (Fsp3) is 0.423. The van der Waals surface area contributed by atoms with Gasteiger partial charge in [-0.1, -0.05) is 42.5 Å². The van der Waals surface area contributed by atoms with Crippen molar-refractivity contribution in [3.63, 3.8) is 0 Å². The van der Waals surface area contributed by atoms with Crippen LogP contribution in [0.15, 0.2) is 48.5 Å². The van der Waals surface area contributed by atoms with Gasteiger partial charge in [0.15, 0.2) is 0 Å². The van der Waals surface area contributed by atoms with E-state index in [1.807, 2.05) is 27.7 Å². The molecular formula is C26H32BFN2O6. The van der Waals surface area contributed by atoms with Crippen LogP contribution in [0.2, 0.25) is 0 Å². The number of aliphatic carboxylic acids is 1. The molecular weight excluding hydrogens is 466 g/mol. The van der Waals surface area contributed by atoms with Crippen LogP contribution >= 0.6 is 0 Å². The number of halogens is 1. The first-order chi connectivity index (χ1) is 16.8. The van der Waals surface area contributed by atoms with E-state index in [9.17, 15) is 23.9 Å². The number of hydrogen-bond donors (Lipinski definition) is 3. The van der Waals surface area contributed by atoms with Crippen LogP contribution in [0.3, 0.4) is 0 Å². The van der Waals surface area contributed by atoms with E-state index in [2.05, 4.69) is 10.6 Å². The number of carboxylic acid groups (broad SMARTS) is 1. The Hall–Kier alpha value is -3.24. The van der Waals surface area contributed by atoms with Crippen molar-refractivity contribution >= 4 is 30.4 Å². The highest BCUT2D eigenvalue weighted by molar-refractivity contribution is 6.62. The molecule has 8 nitrogen and oxygen atoms in total. The van der Waals surface area contributed by atoms with E-state index in [-0.39, 0.29) is 18.4 Å². The normalized spacial score (nSPS) is 17.8. The van der Waals surface area contributed by atoms with Gasteiger partial charge in [0.05, 0.1) is 11.2 Å². The summed E-state index contributed by atoms with van der Waals surface area (Å²) < 4.78 is 26.2. The lowest BCUT2D eigenvalue weighted by Gasteiger charge is -2.32. The summed E-state index contributed by atoms with van der Waals surface area (Å²) in [7, 11) is -0.546. The number of amides is 2. The second-order valence-electron chi connectivity index (χ2n) is 9.98. The molecule has 2 amide bonds. The van der Waals surface area contributed by atoms with Gasteiger partial charge in [-0.15, -0.1) is 0 Å². The Bertz CT molecular complexity index is 1110. The van der Waals surface area contributed by atoms with Crippen molar-refractivity contribution in [3.8, 4) is 0 Å². The van der Waals surface area contributed by atoms with Gasteiger partial charge in [-0.05, 0) is 50.4 Å². The van der Waals surface area contributed by atoms with E-state index in [1.54, 1.807) is 30.3 Å². The molecule has 0 unspecified atom stereocenters. The van der Waals surface area contributed by atoms with Gasteiger partial charge in [0.2, 0.25) is 11.8 Å². The highest BCUT2D eigenvalue weighted by Gasteiger charge is 2.51. The third-order valence-electron chi connectivity index (χ3n) is 6.64. The molecule has 1 heterocycles. The Kier molecular flexibility index (Phi) is 8.21. The predicted molar refractivity (Wildman–Crippen MR) is 133 cm³/mol. The fourth-order valence-electron chi connectivity index (χ4n) is 3.84. The maximum atomic E-state index is 14.1. The van der Waals surface area contributed by atoms with Crippen molar-refractivity contribution < 1.29 is 33.2 Å². The quantitative estimate of drug-likeness (QED) is 0.456. The monoisotopic (exact) mass is 498 g/mol. The lowest BCUT2D eigenvalue weighted by molar-refractivity contribution is -0.142. The van der Waals surface area contributed by atoms with Crippen molar-refractivity contribution in [1.82, 2.24) is 10.6 Å². The molecule has 0 bridgehead atoms. The predicted octanol–water partition coefficient (Wildman–Crippen LogP) is 1.98. The van der Waals surface area contributed by atoms with E-state index in [0.717, 1.165) is 5.46 Å². The van der Waals surface area contributed by atoms with E-state index in [0.29, 0.717) is 5.56 Å². The SMILES string of the molecule is CC(=O)N[C@H](Cc1ccccc1F)C(=O)N[C@H](Cc1ccc(B2OC(C)(C)C(C)(C)O2)cc1)C(=O)O. The Morgan fingerprint density at radius 1 is 0.917 bits per heavy atom. The van der Waals surface area contributed by atoms with E-state index >= 15 is 0 Å². The van der Waals surface area contributed by atoms with Crippen LogP contribution in [0, 0.1) is 5.82 Å². The summed E-state index contributed by atoms with van der Waals surface area (Å²) in [5.74, 6) is -2.95. The smallest absolute Gasteiger partial charge is 0.480 e. The zero-order valence-corrected chi connectivity index (χ0v) is 21.1. The van der Waals surface area contributed by atoms with Gasteiger partial charge in [0.1, 0.15) is 17.9 Å². The molecule has 192 valence electrons. The highest BCUT2D eigenvalue weighted by Crippen LogP contribution is 2.36. The van der Waals surface area contributed by atoms with E-state index in [1.165, 1.54) is 25.1 Å². The molecule has 0 saturated carbocycles. The van der Waals surface area contributed by atoms with Gasteiger partial charge < -0.3 is 25.0 Å². The minimum Gasteiger partial charge on any atom is -0.480 e. The van der Waals surface area contributed by atoms with Crippen LogP contribution in [0.5, 0.6) is 0 Å². The third kappa shape index (κ3) is 6.50. The summed E-state index contributed by atoms with van der Waals surface area (Å²) in [6.45, 7) is 9.07.